The van der Waals surface area contributed by atoms with E-state index in [1.165, 1.54) is 57.1 Å². The molecule has 1 heterocycles. The molecule has 98 valence electrons. The van der Waals surface area contributed by atoms with Gasteiger partial charge in [-0.2, -0.15) is 0 Å². The van der Waals surface area contributed by atoms with Crippen molar-refractivity contribution < 1.29 is 0 Å². The normalized spacial score (nSPS) is 15.9. The molecule has 2 heteroatoms. The number of hydrogen-bond acceptors (Lipinski definition) is 2. The van der Waals surface area contributed by atoms with Crippen LogP contribution < -0.4 is 0 Å². The molecule has 1 aliphatic heterocycles. The van der Waals surface area contributed by atoms with E-state index in [9.17, 15) is 0 Å². The van der Waals surface area contributed by atoms with Crippen molar-refractivity contribution in [3.8, 4) is 0 Å². The van der Waals surface area contributed by atoms with E-state index in [1.54, 1.807) is 0 Å². The van der Waals surface area contributed by atoms with E-state index in [1.807, 2.05) is 6.34 Å². The number of allylic oxidation sites excluding steroid dienone is 2. The highest BCUT2D eigenvalue weighted by molar-refractivity contribution is 5.59. The molecule has 0 saturated heterocycles. The summed E-state index contributed by atoms with van der Waals surface area (Å²) < 4.78 is 0. The number of unbranched alkanes of at least 4 members (excludes halogenated alkanes) is 7. The zero-order valence-corrected chi connectivity index (χ0v) is 11.6. The molecule has 0 spiro atoms. The third-order valence-electron chi connectivity index (χ3n) is 3.39. The van der Waals surface area contributed by atoms with E-state index in [4.69, 9.17) is 0 Å². The summed E-state index contributed by atoms with van der Waals surface area (Å²) in [6, 6.07) is 0. The highest BCUT2D eigenvalue weighted by Gasteiger charge is 2.05. The van der Waals surface area contributed by atoms with Crippen LogP contribution >= 0.6 is 0 Å². The third-order valence-corrected chi connectivity index (χ3v) is 3.39. The van der Waals surface area contributed by atoms with Crippen LogP contribution in [0.1, 0.15) is 65.2 Å². The number of hydrogen-bond donors (Lipinski definition) is 0. The van der Waals surface area contributed by atoms with Gasteiger partial charge in [-0.3, -0.25) is 4.99 Å². The minimum Gasteiger partial charge on any atom is -0.335 e. The minimum absolute atomic E-state index is 0.961. The highest BCUT2D eigenvalue weighted by Crippen LogP contribution is 2.11. The van der Waals surface area contributed by atoms with Gasteiger partial charge in [0, 0.05) is 12.2 Å². The summed E-state index contributed by atoms with van der Waals surface area (Å²) in [5, 5.41) is 0. The summed E-state index contributed by atoms with van der Waals surface area (Å²) in [5.41, 5.74) is 1.37. The first kappa shape index (κ1) is 14.3. The van der Waals surface area contributed by atoms with Crippen molar-refractivity contribution in [1.82, 2.24) is 4.90 Å². The van der Waals surface area contributed by atoms with Crippen LogP contribution in [0.25, 0.3) is 0 Å². The van der Waals surface area contributed by atoms with Crippen molar-refractivity contribution in [3.05, 3.63) is 11.8 Å². The Morgan fingerprint density at radius 2 is 1.88 bits per heavy atom. The van der Waals surface area contributed by atoms with Crippen molar-refractivity contribution in [3.63, 3.8) is 0 Å². The number of nitrogens with zero attached hydrogens (tertiary/aromatic N) is 2. The van der Waals surface area contributed by atoms with E-state index < -0.39 is 0 Å². The molecule has 2 nitrogen and oxygen atoms in total. The van der Waals surface area contributed by atoms with Gasteiger partial charge in [0.15, 0.2) is 0 Å². The predicted molar refractivity (Wildman–Crippen MR) is 76.4 cm³/mol. The quantitative estimate of drug-likeness (QED) is 0.543. The molecular formula is C15H28N2. The second-order valence-corrected chi connectivity index (χ2v) is 4.97. The molecule has 0 N–H and O–H groups in total. The summed E-state index contributed by atoms with van der Waals surface area (Å²) in [6.07, 6.45) is 15.3. The Balaban J connectivity index is 1.95. The molecule has 17 heavy (non-hydrogen) atoms. The van der Waals surface area contributed by atoms with Crippen LogP contribution in [0.4, 0.5) is 0 Å². The molecule has 0 aromatic carbocycles. The van der Waals surface area contributed by atoms with Crippen LogP contribution in [0.3, 0.4) is 0 Å². The number of aliphatic imine (C=N–C) groups is 1. The van der Waals surface area contributed by atoms with Crippen LogP contribution in [-0.4, -0.2) is 24.3 Å². The molecular weight excluding hydrogens is 208 g/mol. The first-order chi connectivity index (χ1) is 8.34. The van der Waals surface area contributed by atoms with Crippen LogP contribution in [0, 0.1) is 0 Å². The second kappa shape index (κ2) is 9.26. The van der Waals surface area contributed by atoms with Gasteiger partial charge in [0.25, 0.3) is 0 Å². The van der Waals surface area contributed by atoms with Gasteiger partial charge in [0.2, 0.25) is 0 Å². The SMILES string of the molecule is CCCCCCCCCC=C(C)N1C=NCC1. The van der Waals surface area contributed by atoms with E-state index in [2.05, 4.69) is 29.8 Å². The van der Waals surface area contributed by atoms with Crippen molar-refractivity contribution in [2.45, 2.75) is 65.2 Å². The van der Waals surface area contributed by atoms with Crippen molar-refractivity contribution in [1.29, 1.82) is 0 Å². The molecule has 1 rings (SSSR count). The molecule has 0 amide bonds. The summed E-state index contributed by atoms with van der Waals surface area (Å²) in [6.45, 7) is 6.50. The fourth-order valence-corrected chi connectivity index (χ4v) is 2.18. The van der Waals surface area contributed by atoms with E-state index in [-0.39, 0.29) is 0 Å². The molecule has 0 aromatic rings. The lowest BCUT2D eigenvalue weighted by Crippen LogP contribution is -2.16. The summed E-state index contributed by atoms with van der Waals surface area (Å²) in [4.78, 5) is 6.48. The van der Waals surface area contributed by atoms with Gasteiger partial charge in [0.05, 0.1) is 12.9 Å². The molecule has 0 aliphatic carbocycles. The Morgan fingerprint density at radius 1 is 1.18 bits per heavy atom. The van der Waals surface area contributed by atoms with Crippen molar-refractivity contribution in [2.24, 2.45) is 4.99 Å². The number of rotatable bonds is 9. The Bertz CT molecular complexity index is 243. The minimum atomic E-state index is 0.961. The fraction of sp³-hybridized carbons (Fsp3) is 0.800. The van der Waals surface area contributed by atoms with Gasteiger partial charge in [-0.05, 0) is 19.8 Å². The average molecular weight is 236 g/mol. The van der Waals surface area contributed by atoms with Gasteiger partial charge >= 0.3 is 0 Å². The molecule has 0 aromatic heterocycles. The fourth-order valence-electron chi connectivity index (χ4n) is 2.18. The molecule has 0 saturated carbocycles. The molecule has 1 aliphatic rings. The topological polar surface area (TPSA) is 15.6 Å². The summed E-state index contributed by atoms with van der Waals surface area (Å²) in [7, 11) is 0. The van der Waals surface area contributed by atoms with Gasteiger partial charge in [-0.1, -0.05) is 51.5 Å². The smallest absolute Gasteiger partial charge is 0.0893 e. The van der Waals surface area contributed by atoms with Crippen LogP contribution in [-0.2, 0) is 0 Å². The molecule has 0 atom stereocenters. The first-order valence-electron chi connectivity index (χ1n) is 7.28. The molecule has 0 unspecified atom stereocenters. The Kier molecular flexibility index (Phi) is 7.78. The maximum Gasteiger partial charge on any atom is 0.0893 e. The van der Waals surface area contributed by atoms with Gasteiger partial charge in [0.1, 0.15) is 0 Å². The zero-order chi connectivity index (χ0) is 12.3. The molecule has 0 radical (unpaired) electrons. The lowest BCUT2D eigenvalue weighted by molar-refractivity contribution is 0.563. The van der Waals surface area contributed by atoms with Crippen LogP contribution in [0.5, 0.6) is 0 Å². The zero-order valence-electron chi connectivity index (χ0n) is 11.6. The Hall–Kier alpha value is -0.790. The lowest BCUT2D eigenvalue weighted by atomic mass is 10.1. The summed E-state index contributed by atoms with van der Waals surface area (Å²) >= 11 is 0. The van der Waals surface area contributed by atoms with Gasteiger partial charge in [-0.25, -0.2) is 0 Å². The first-order valence-corrected chi connectivity index (χ1v) is 7.28. The maximum atomic E-state index is 4.23. The van der Waals surface area contributed by atoms with Crippen molar-refractivity contribution >= 4 is 6.34 Å². The maximum absolute atomic E-state index is 4.23. The highest BCUT2D eigenvalue weighted by atomic mass is 15.2. The third kappa shape index (κ3) is 6.50. The second-order valence-electron chi connectivity index (χ2n) is 4.97. The molecule has 0 fully saturated rings. The van der Waals surface area contributed by atoms with E-state index >= 15 is 0 Å². The monoisotopic (exact) mass is 236 g/mol. The lowest BCUT2D eigenvalue weighted by Gasteiger charge is -2.14. The average Bonchev–Trinajstić information content (AvgIpc) is 2.86. The van der Waals surface area contributed by atoms with Crippen LogP contribution in [0.15, 0.2) is 16.8 Å². The van der Waals surface area contributed by atoms with Gasteiger partial charge in [-0.15, -0.1) is 0 Å². The van der Waals surface area contributed by atoms with Crippen LogP contribution in [0.2, 0.25) is 0 Å². The predicted octanol–water partition coefficient (Wildman–Crippen LogP) is 4.37. The standard InChI is InChI=1S/C15H28N2/c1-3-4-5-6-7-8-9-10-11-15(2)17-13-12-16-14-17/h11,14H,3-10,12-13H2,1-2H3. The largest absolute Gasteiger partial charge is 0.335 e. The Labute approximate surface area is 107 Å². The molecule has 0 bridgehead atoms. The van der Waals surface area contributed by atoms with Gasteiger partial charge < -0.3 is 4.90 Å². The Morgan fingerprint density at radius 3 is 2.53 bits per heavy atom. The van der Waals surface area contributed by atoms with E-state index in [0.717, 1.165) is 13.1 Å². The van der Waals surface area contributed by atoms with E-state index in [0.29, 0.717) is 0 Å². The van der Waals surface area contributed by atoms with Crippen molar-refractivity contribution in [2.75, 3.05) is 13.1 Å². The summed E-state index contributed by atoms with van der Waals surface area (Å²) in [5.74, 6) is 0.